The molecule has 0 spiro atoms. The number of carboxylic acids is 1. The Kier molecular flexibility index (Phi) is 9.73. The maximum Gasteiger partial charge on any atom is 0.397 e. The number of aliphatic hydroxyl groups is 2. The molecule has 2 rings (SSSR count). The summed E-state index contributed by atoms with van der Waals surface area (Å²) in [6, 6.07) is -1.92. The molecule has 0 amide bonds. The van der Waals surface area contributed by atoms with Gasteiger partial charge in [0.15, 0.2) is 12.4 Å². The number of aliphatic hydroxyl groups excluding tert-OH is 2. The fraction of sp³-hybridized carbons (Fsp3) is 0.769. The topological polar surface area (TPSA) is 308 Å². The first-order valence-electron chi connectivity index (χ1n) is 9.15. The van der Waals surface area contributed by atoms with Crippen molar-refractivity contribution in [1.82, 2.24) is 4.72 Å². The lowest BCUT2D eigenvalue weighted by Crippen LogP contribution is -2.66. The van der Waals surface area contributed by atoms with Crippen molar-refractivity contribution in [2.24, 2.45) is 0 Å². The molecule has 0 radical (unpaired) electrons. The van der Waals surface area contributed by atoms with Crippen LogP contribution in [0.15, 0.2) is 11.8 Å². The summed E-state index contributed by atoms with van der Waals surface area (Å²) < 4.78 is 124. The molecule has 2 aliphatic heterocycles. The first-order chi connectivity index (χ1) is 16.3. The molecule has 23 heteroatoms. The number of hydrogen-bond acceptors (Lipinski definition) is 15. The number of carboxylic acid groups (broad SMARTS) is 1. The highest BCUT2D eigenvalue weighted by atomic mass is 32.3. The van der Waals surface area contributed by atoms with Crippen LogP contribution in [0.5, 0.6) is 0 Å². The van der Waals surface area contributed by atoms with Crippen LogP contribution in [-0.4, -0.2) is 123 Å². The van der Waals surface area contributed by atoms with Crippen molar-refractivity contribution in [3.8, 4) is 0 Å². The van der Waals surface area contributed by atoms with Crippen LogP contribution in [0.3, 0.4) is 0 Å². The SMILES string of the molecule is CO[C@H]1O[C@H](COS(=O)(=O)O)[C@@H](O[C@@H]2OC(C(=O)O)=C[C@H](O)[C@H]2OS(=O)(=O)O)[C@H](O)[C@H]1NS(=O)(=O)O. The van der Waals surface area contributed by atoms with E-state index in [0.717, 1.165) is 7.11 Å². The Hall–Kier alpha value is -1.58. The van der Waals surface area contributed by atoms with Gasteiger partial charge in [-0.15, -0.1) is 0 Å². The number of nitrogens with one attached hydrogen (secondary N) is 1. The van der Waals surface area contributed by atoms with Gasteiger partial charge in [0.25, 0.3) is 0 Å². The minimum absolute atomic E-state index is 0.467. The molecule has 1 fully saturated rings. The van der Waals surface area contributed by atoms with E-state index in [1.807, 2.05) is 0 Å². The largest absolute Gasteiger partial charge is 0.475 e. The van der Waals surface area contributed by atoms with Crippen LogP contribution in [0.2, 0.25) is 0 Å². The van der Waals surface area contributed by atoms with Gasteiger partial charge in [-0.1, -0.05) is 0 Å². The highest BCUT2D eigenvalue weighted by Crippen LogP contribution is 2.30. The molecule has 20 nitrogen and oxygen atoms in total. The molecule has 2 aliphatic rings. The van der Waals surface area contributed by atoms with E-state index in [1.54, 1.807) is 0 Å². The summed E-state index contributed by atoms with van der Waals surface area (Å²) in [5.41, 5.74) is 0. The van der Waals surface area contributed by atoms with Crippen LogP contribution in [0.4, 0.5) is 0 Å². The summed E-state index contributed by atoms with van der Waals surface area (Å²) in [5, 5.41) is 30.0. The van der Waals surface area contributed by atoms with E-state index in [9.17, 15) is 40.3 Å². The fourth-order valence-electron chi connectivity index (χ4n) is 3.14. The van der Waals surface area contributed by atoms with Gasteiger partial charge in [0.2, 0.25) is 12.0 Å². The minimum Gasteiger partial charge on any atom is -0.475 e. The molecule has 7 N–H and O–H groups in total. The summed E-state index contributed by atoms with van der Waals surface area (Å²) >= 11 is 0. The van der Waals surface area contributed by atoms with E-state index in [2.05, 4.69) is 8.37 Å². The van der Waals surface area contributed by atoms with E-state index in [-0.39, 0.29) is 0 Å². The molecule has 0 aromatic heterocycles. The molecule has 0 saturated carbocycles. The van der Waals surface area contributed by atoms with E-state index in [1.165, 1.54) is 4.72 Å². The molecule has 0 aromatic rings. The van der Waals surface area contributed by atoms with Gasteiger partial charge in [-0.2, -0.15) is 30.0 Å². The molecule has 0 unspecified atom stereocenters. The molecule has 0 aromatic carbocycles. The van der Waals surface area contributed by atoms with Gasteiger partial charge in [-0.3, -0.25) is 13.7 Å². The van der Waals surface area contributed by atoms with Gasteiger partial charge >= 0.3 is 37.1 Å². The maximum atomic E-state index is 11.3. The Morgan fingerprint density at radius 1 is 1.03 bits per heavy atom. The van der Waals surface area contributed by atoms with Crippen molar-refractivity contribution in [2.45, 2.75) is 49.1 Å². The molecule has 36 heavy (non-hydrogen) atoms. The molecule has 0 aliphatic carbocycles. The fourth-order valence-corrected chi connectivity index (χ4v) is 4.53. The monoisotopic (exact) mass is 591 g/mol. The number of methoxy groups -OCH3 is 1. The van der Waals surface area contributed by atoms with Gasteiger partial charge in [0.05, 0.1) is 6.61 Å². The standard InChI is InChI=1S/C13H21NO19S3/c1-28-12-7(14-34(19,20)21)8(16)10(6(31-12)3-29-35(22,23)24)32-13-9(33-36(25,26)27)4(15)2-5(30-13)11(17)18/h2,4,6-10,12-16H,3H2,1H3,(H,17,18)(H,19,20,21)(H,22,23,24)(H,25,26,27)/t4-,6+,7+,8+,9+,10+,12-,13-/m0/s1. The number of ether oxygens (including phenoxy) is 4. The number of rotatable bonds is 11. The summed E-state index contributed by atoms with van der Waals surface area (Å²) in [4.78, 5) is 11.3. The zero-order valence-electron chi connectivity index (χ0n) is 17.6. The van der Waals surface area contributed by atoms with Gasteiger partial charge in [-0.05, 0) is 6.08 Å². The quantitative estimate of drug-likeness (QED) is 0.111. The van der Waals surface area contributed by atoms with Crippen molar-refractivity contribution in [1.29, 1.82) is 0 Å². The van der Waals surface area contributed by atoms with Crippen LogP contribution >= 0.6 is 0 Å². The van der Waals surface area contributed by atoms with Gasteiger partial charge in [0, 0.05) is 7.11 Å². The third-order valence-corrected chi connectivity index (χ3v) is 5.95. The average molecular weight is 592 g/mol. The van der Waals surface area contributed by atoms with E-state index < -0.39 is 98.6 Å². The Balaban J connectivity index is 2.48. The lowest BCUT2D eigenvalue weighted by molar-refractivity contribution is -0.307. The van der Waals surface area contributed by atoms with Crippen LogP contribution in [0, 0.1) is 0 Å². The summed E-state index contributed by atoms with van der Waals surface area (Å²) in [6.45, 7) is -1.17. The molecule has 0 bridgehead atoms. The zero-order chi connectivity index (χ0) is 27.6. The molecule has 210 valence electrons. The van der Waals surface area contributed by atoms with Crippen LogP contribution in [-0.2, 0) is 63.2 Å². The predicted octanol–water partition coefficient (Wildman–Crippen LogP) is -4.44. The lowest BCUT2D eigenvalue weighted by atomic mass is 9.97. The van der Waals surface area contributed by atoms with Crippen molar-refractivity contribution < 1.29 is 86.3 Å². The van der Waals surface area contributed by atoms with Crippen molar-refractivity contribution in [3.63, 3.8) is 0 Å². The number of hydrogen-bond donors (Lipinski definition) is 7. The predicted molar refractivity (Wildman–Crippen MR) is 106 cm³/mol. The lowest BCUT2D eigenvalue weighted by Gasteiger charge is -2.45. The Bertz CT molecular complexity index is 1150. The van der Waals surface area contributed by atoms with E-state index in [0.29, 0.717) is 6.08 Å². The second-order valence-corrected chi connectivity index (χ2v) is 10.3. The molecular weight excluding hydrogens is 570 g/mol. The number of carbonyl (C=O) groups is 1. The van der Waals surface area contributed by atoms with Crippen molar-refractivity contribution in [2.75, 3.05) is 13.7 Å². The number of aliphatic carboxylic acids is 1. The normalized spacial score (nSPS) is 34.0. The maximum absolute atomic E-state index is 11.3. The Morgan fingerprint density at radius 3 is 2.11 bits per heavy atom. The molecule has 8 atom stereocenters. The first kappa shape index (κ1) is 30.6. The second-order valence-electron chi connectivity index (χ2n) is 7.00. The first-order valence-corrected chi connectivity index (χ1v) is 13.3. The van der Waals surface area contributed by atoms with E-state index in [4.69, 9.17) is 37.7 Å². The molecular formula is C13H21NO19S3. The second kappa shape index (κ2) is 11.4. The van der Waals surface area contributed by atoms with E-state index >= 15 is 0 Å². The van der Waals surface area contributed by atoms with Crippen LogP contribution < -0.4 is 4.72 Å². The van der Waals surface area contributed by atoms with Crippen LogP contribution in [0.25, 0.3) is 0 Å². The Labute approximate surface area is 203 Å². The summed E-state index contributed by atoms with van der Waals surface area (Å²) in [5.74, 6) is -2.83. The highest BCUT2D eigenvalue weighted by molar-refractivity contribution is 7.83. The third-order valence-electron chi connectivity index (χ3n) is 4.48. The Morgan fingerprint density at radius 2 is 1.64 bits per heavy atom. The molecule has 1 saturated heterocycles. The van der Waals surface area contributed by atoms with Crippen molar-refractivity contribution >= 4 is 37.1 Å². The van der Waals surface area contributed by atoms with Gasteiger partial charge in [-0.25, -0.2) is 13.2 Å². The van der Waals surface area contributed by atoms with Crippen molar-refractivity contribution in [3.05, 3.63) is 11.8 Å². The zero-order valence-corrected chi connectivity index (χ0v) is 20.1. The average Bonchev–Trinajstić information content (AvgIpc) is 2.69. The highest BCUT2D eigenvalue weighted by Gasteiger charge is 2.51. The summed E-state index contributed by atoms with van der Waals surface area (Å²) in [6.07, 6.45) is -14.1. The minimum atomic E-state index is -5.34. The van der Waals surface area contributed by atoms with Gasteiger partial charge in [0.1, 0.15) is 30.5 Å². The smallest absolute Gasteiger partial charge is 0.397 e. The molecule has 2 heterocycles. The third kappa shape index (κ3) is 8.77. The van der Waals surface area contributed by atoms with Crippen LogP contribution in [0.1, 0.15) is 0 Å². The summed E-state index contributed by atoms with van der Waals surface area (Å²) in [7, 11) is -14.6. The van der Waals surface area contributed by atoms with Gasteiger partial charge < -0.3 is 34.3 Å².